The summed E-state index contributed by atoms with van der Waals surface area (Å²) in [5.41, 5.74) is -9.22. The molecule has 0 amide bonds. The predicted molar refractivity (Wildman–Crippen MR) is 503 cm³/mol. The smallest absolute Gasteiger partial charge is 0.344 e. The van der Waals surface area contributed by atoms with Gasteiger partial charge in [-0.25, -0.2) is 9.59 Å². The monoisotopic (exact) mass is 1900 g/mol. The van der Waals surface area contributed by atoms with Gasteiger partial charge in [-0.05, 0) is 383 Å². The van der Waals surface area contributed by atoms with Gasteiger partial charge in [0.25, 0.3) is 0 Å². The largest absolute Gasteiger partial charge is 0.459 e. The van der Waals surface area contributed by atoms with Crippen LogP contribution in [-0.2, 0) is 95.3 Å². The summed E-state index contributed by atoms with van der Waals surface area (Å²) < 4.78 is 55.8. The van der Waals surface area contributed by atoms with Crippen LogP contribution in [0.4, 0.5) is 0 Å². The van der Waals surface area contributed by atoms with E-state index < -0.39 is 126 Å². The number of ether oxygens (including phenoxy) is 10. The van der Waals surface area contributed by atoms with E-state index in [4.69, 9.17) is 47.4 Å². The quantitative estimate of drug-likeness (QED) is 0.0461. The molecule has 22 aliphatic rings. The zero-order valence-electron chi connectivity index (χ0n) is 87.5. The molecule has 26 nitrogen and oxygen atoms in total. The number of nitrogens with zero attached hydrogens (tertiary/aromatic N) is 2. The second-order valence-corrected chi connectivity index (χ2v) is 53.6. The van der Waals surface area contributed by atoms with E-state index >= 15 is 0 Å². The summed E-state index contributed by atoms with van der Waals surface area (Å²) in [6.07, 6.45) is 28.4. The highest BCUT2D eigenvalue weighted by Crippen LogP contribution is 2.75. The molecule has 2 heterocycles. The molecule has 18 unspecified atom stereocenters. The summed E-state index contributed by atoms with van der Waals surface area (Å²) in [4.78, 5) is 122. The van der Waals surface area contributed by atoms with Crippen molar-refractivity contribution in [3.63, 3.8) is 0 Å². The highest BCUT2D eigenvalue weighted by molar-refractivity contribution is 5.85. The van der Waals surface area contributed by atoms with Crippen molar-refractivity contribution >= 4 is 59.7 Å². The van der Waals surface area contributed by atoms with E-state index in [1.165, 1.54) is 32.1 Å². The number of hydrogen-bond acceptors (Lipinski definition) is 26. The van der Waals surface area contributed by atoms with Crippen molar-refractivity contribution in [1.29, 1.82) is 10.5 Å². The third-order valence-electron chi connectivity index (χ3n) is 39.8. The lowest BCUT2D eigenvalue weighted by molar-refractivity contribution is -0.264. The molecule has 26 heteroatoms. The van der Waals surface area contributed by atoms with Gasteiger partial charge in [0, 0.05) is 60.2 Å². The average Bonchev–Trinajstić information content (AvgIpc) is 1.01. The molecule has 2 saturated heterocycles. The van der Waals surface area contributed by atoms with Crippen LogP contribution in [0.25, 0.3) is 0 Å². The van der Waals surface area contributed by atoms with Crippen LogP contribution >= 0.6 is 0 Å². The Morgan fingerprint density at radius 1 is 0.382 bits per heavy atom. The standard InChI is InChI=1S/C23H37NO2.C22H38O3.C17H21NO6.C16H22O6.C16H26O4.C16H26O3/c1-8-19(2,3)18(25)26-21(6,7)23-12-16-9-17(13-23)11-22(10-16,14-23)20(4,5)15-24;1-8-18(2,3)17(23)25-20(6,7)22-12-15-9-16(13-22)11-21(10-15,14-22)19(4,5)24;1-4-16(2,3)14(20)22-7-11(19)23-12-9-5-10-13(12)24-15(21)17(10,6-9)8-18;1-4-16(2,3)15(19)20-7-11(17)21-12-8-5-9-10(6-8)14(18)22-13(9)12;1-4-13(2,3)12(17)20-16-7-11-5-14(18,9-16)8-15(19,6-11)10-16;1-4-14(2,3)13(17)19-16-8-11-5-12(9-16)7-15(18,6-11)10-16/h16-17H,8-14H2,1-7H3;15-16,24H,8-14H2,1-7H3;9-10,12-13H,4-7H2,1-3H3;8-10,12-13H,4-7H2,1-3H3;11,18-19H,4-10H2,1-3H3;11-12,18H,4-10H2,1-3H3. The second-order valence-electron chi connectivity index (χ2n) is 53.6. The van der Waals surface area contributed by atoms with E-state index in [2.05, 4.69) is 53.7 Å². The summed E-state index contributed by atoms with van der Waals surface area (Å²) >= 11 is 0. The van der Waals surface area contributed by atoms with E-state index in [-0.39, 0.29) is 117 Å². The SMILES string of the molecule is CCC(C)(C)C(=O)OC(C)(C)C12CC3CC(CC(C(C)(C)C#N)(C3)C1)C2.CCC(C)(C)C(=O)OC(C)(C)C12CC3CC(CC(C(C)(C)O)(C3)C1)C2.CCC(C)(C)C(=O)OC12CC3CC(CC(O)(C3)C1)C2.CCC(C)(C)C(=O)OC12CC3CC(O)(CC(O)(C3)C1)C2.CCC(C)(C)C(=O)OCC(=O)OC1C2CC3C(=O)OC1C3C2.CCC(C)(C)C(=O)OCC(=O)OC1C2CC3C1OC(=O)C3(C#N)C2. The first-order valence-corrected chi connectivity index (χ1v) is 52.3. The van der Waals surface area contributed by atoms with Crippen molar-refractivity contribution in [3.05, 3.63) is 0 Å². The van der Waals surface area contributed by atoms with Crippen LogP contribution in [0.1, 0.15) is 398 Å². The van der Waals surface area contributed by atoms with Crippen molar-refractivity contribution in [1.82, 2.24) is 0 Å². The first-order chi connectivity index (χ1) is 62.5. The zero-order chi connectivity index (χ0) is 101. The topological polar surface area (TPSA) is 392 Å². The number of rotatable bonds is 26. The number of esters is 10. The molecule has 0 radical (unpaired) electrons. The summed E-state index contributed by atoms with van der Waals surface area (Å²) in [5, 5.41) is 62.2. The molecular formula is C110H170N2O24. The van der Waals surface area contributed by atoms with Gasteiger partial charge in [-0.15, -0.1) is 0 Å². The highest BCUT2D eigenvalue weighted by atomic mass is 16.6. The predicted octanol–water partition coefficient (Wildman–Crippen LogP) is 19.0. The molecule has 20 aliphatic carbocycles. The fourth-order valence-corrected chi connectivity index (χ4v) is 30.0. The first kappa shape index (κ1) is 107. The fourth-order valence-electron chi connectivity index (χ4n) is 30.0. The molecule has 0 aromatic rings. The summed E-state index contributed by atoms with van der Waals surface area (Å²) in [5.74, 6) is 1.03. The normalized spacial score (nSPS) is 39.2. The van der Waals surface area contributed by atoms with Crippen LogP contribution in [0.5, 0.6) is 0 Å². The van der Waals surface area contributed by atoms with Crippen molar-refractivity contribution in [2.75, 3.05) is 13.2 Å². The molecule has 136 heavy (non-hydrogen) atoms. The number of carbonyl (C=O) groups is 10. The van der Waals surface area contributed by atoms with Gasteiger partial charge in [-0.1, -0.05) is 41.5 Å². The Bertz CT molecular complexity index is 4590. The van der Waals surface area contributed by atoms with Gasteiger partial charge in [0.15, 0.2) is 18.6 Å². The molecule has 18 atom stereocenters. The Hall–Kier alpha value is -6.48. The fraction of sp³-hybridized carbons (Fsp3) is 0.891. The van der Waals surface area contributed by atoms with Gasteiger partial charge in [-0.2, -0.15) is 10.5 Å². The Labute approximate surface area is 810 Å². The maximum atomic E-state index is 12.9. The van der Waals surface area contributed by atoms with E-state index in [0.29, 0.717) is 86.9 Å². The number of aliphatic hydroxyl groups is 4. The van der Waals surface area contributed by atoms with Gasteiger partial charge in [0.2, 0.25) is 0 Å². The molecule has 0 aromatic heterocycles. The molecule has 20 bridgehead atoms. The molecule has 0 spiro atoms. The first-order valence-electron chi connectivity index (χ1n) is 52.3. The van der Waals surface area contributed by atoms with Crippen molar-refractivity contribution in [2.24, 2.45) is 136 Å². The maximum absolute atomic E-state index is 12.9. The van der Waals surface area contributed by atoms with E-state index in [1.807, 2.05) is 111 Å². The maximum Gasteiger partial charge on any atom is 0.344 e. The van der Waals surface area contributed by atoms with E-state index in [1.54, 1.807) is 27.7 Å². The van der Waals surface area contributed by atoms with Crippen LogP contribution in [0.3, 0.4) is 0 Å². The lowest BCUT2D eigenvalue weighted by Gasteiger charge is -2.68. The number of hydrogen-bond donors (Lipinski definition) is 4. The van der Waals surface area contributed by atoms with Gasteiger partial charge in [0.1, 0.15) is 46.8 Å². The lowest BCUT2D eigenvalue weighted by Crippen LogP contribution is -2.67. The minimum atomic E-state index is -1.06. The Morgan fingerprint density at radius 2 is 0.743 bits per heavy atom. The lowest BCUT2D eigenvalue weighted by atomic mass is 9.37. The van der Waals surface area contributed by atoms with Crippen LogP contribution in [0, 0.1) is 159 Å². The Kier molecular flexibility index (Phi) is 28.6. The molecule has 4 N–H and O–H groups in total. The minimum Gasteiger partial charge on any atom is -0.459 e. The summed E-state index contributed by atoms with van der Waals surface area (Å²) in [7, 11) is 0. The van der Waals surface area contributed by atoms with E-state index in [0.717, 1.165) is 135 Å². The minimum absolute atomic E-state index is 0.00636. The van der Waals surface area contributed by atoms with Crippen molar-refractivity contribution < 1.29 is 116 Å². The third-order valence-corrected chi connectivity index (χ3v) is 39.8. The van der Waals surface area contributed by atoms with Crippen LogP contribution in [0.2, 0.25) is 0 Å². The Balaban J connectivity index is 0.000000138. The van der Waals surface area contributed by atoms with Crippen LogP contribution in [0.15, 0.2) is 0 Å². The van der Waals surface area contributed by atoms with Gasteiger partial charge >= 0.3 is 59.7 Å². The summed E-state index contributed by atoms with van der Waals surface area (Å²) in [6, 6.07) is 4.74. The highest BCUT2D eigenvalue weighted by Gasteiger charge is 2.75. The molecular weight excluding hydrogens is 1730 g/mol. The zero-order valence-corrected chi connectivity index (χ0v) is 87.5. The van der Waals surface area contributed by atoms with Gasteiger partial charge in [0.05, 0.1) is 78.4 Å². The van der Waals surface area contributed by atoms with E-state index in [9.17, 15) is 78.9 Å². The molecule has 764 valence electrons. The number of nitriles is 2. The van der Waals surface area contributed by atoms with Crippen molar-refractivity contribution in [2.45, 2.75) is 468 Å². The average molecular weight is 1900 g/mol. The molecule has 20 saturated carbocycles. The number of carbonyl (C=O) groups excluding carboxylic acids is 10. The molecule has 2 aliphatic heterocycles. The van der Waals surface area contributed by atoms with Crippen molar-refractivity contribution in [3.8, 4) is 12.1 Å². The van der Waals surface area contributed by atoms with Gasteiger partial charge < -0.3 is 67.8 Å². The molecule has 0 aromatic carbocycles. The number of fused-ring (bicyclic) bond motifs is 2. The van der Waals surface area contributed by atoms with Crippen LogP contribution in [-0.4, -0.2) is 163 Å². The molecule has 22 rings (SSSR count). The Morgan fingerprint density at radius 3 is 1.14 bits per heavy atom. The van der Waals surface area contributed by atoms with Gasteiger partial charge in [-0.3, -0.25) is 38.4 Å². The summed E-state index contributed by atoms with van der Waals surface area (Å²) in [6.45, 7) is 50.4. The molecule has 22 fully saturated rings. The van der Waals surface area contributed by atoms with Crippen LogP contribution < -0.4 is 0 Å². The third kappa shape index (κ3) is 20.0. The second kappa shape index (κ2) is 36.4.